The summed E-state index contributed by atoms with van der Waals surface area (Å²) in [6, 6.07) is 0. The first-order valence-electron chi connectivity index (χ1n) is 11.2. The lowest BCUT2D eigenvalue weighted by Gasteiger charge is -2.05. The molecule has 0 unspecified atom stereocenters. The lowest BCUT2D eigenvalue weighted by atomic mass is 10.2. The molecule has 2 aliphatic heterocycles. The monoisotopic (exact) mass is 700 g/mol. The van der Waals surface area contributed by atoms with Crippen LogP contribution in [0.5, 0.6) is 0 Å². The summed E-state index contributed by atoms with van der Waals surface area (Å²) >= 11 is 20.8. The molecular weight excluding hydrogens is 677 g/mol. The van der Waals surface area contributed by atoms with Gasteiger partial charge in [0.25, 0.3) is 0 Å². The van der Waals surface area contributed by atoms with E-state index in [9.17, 15) is 0 Å². The molecule has 1 aromatic carbocycles. The van der Waals surface area contributed by atoms with Crippen LogP contribution >= 0.6 is 114 Å². The van der Waals surface area contributed by atoms with Gasteiger partial charge < -0.3 is 0 Å². The molecule has 0 amide bonds. The molecular formula is C22H26Br2N2S7. The van der Waals surface area contributed by atoms with Gasteiger partial charge in [-0.15, -0.1) is 23.5 Å². The molecule has 0 fully saturated rings. The number of aromatic nitrogens is 2. The van der Waals surface area contributed by atoms with Crippen molar-refractivity contribution < 1.29 is 0 Å². The molecule has 180 valence electrons. The van der Waals surface area contributed by atoms with Gasteiger partial charge in [0.05, 0.1) is 37.6 Å². The predicted molar refractivity (Wildman–Crippen MR) is 167 cm³/mol. The summed E-state index contributed by atoms with van der Waals surface area (Å²) in [4.78, 5) is 2.54. The molecule has 0 N–H and O–H groups in total. The number of fused-ring (bicyclic) bond motifs is 2. The Hall–Kier alpha value is 1.58. The molecule has 2 nitrogen and oxygen atoms in total. The molecule has 0 bridgehead atoms. The summed E-state index contributed by atoms with van der Waals surface area (Å²) in [6.07, 6.45) is 10.6. The van der Waals surface area contributed by atoms with Crippen LogP contribution in [0.15, 0.2) is 35.7 Å². The second-order valence-corrected chi connectivity index (χ2v) is 17.1. The standard InChI is InChI=1S/C22H26Br2N2S7/c1-3-5-7-9-11-27-19-20(28-12-10-8-6-4-2)32-22(31-19)21-29-17-13(23)15-16(26-33-25-15)14(24)18(17)30-21/h3-12H2,1-2H3. The molecule has 11 heteroatoms. The first kappa shape index (κ1) is 27.6. The largest absolute Gasteiger partial charge is 0.172 e. The van der Waals surface area contributed by atoms with Crippen LogP contribution < -0.4 is 0 Å². The molecule has 1 aromatic heterocycles. The van der Waals surface area contributed by atoms with Crippen molar-refractivity contribution in [1.82, 2.24) is 8.75 Å². The number of hydrogen-bond donors (Lipinski definition) is 0. The van der Waals surface area contributed by atoms with E-state index in [0.29, 0.717) is 0 Å². The van der Waals surface area contributed by atoms with Crippen molar-refractivity contribution in [2.45, 2.75) is 75.0 Å². The average molecular weight is 703 g/mol. The maximum Gasteiger partial charge on any atom is 0.121 e. The highest BCUT2D eigenvalue weighted by molar-refractivity contribution is 9.11. The zero-order valence-corrected chi connectivity index (χ0v) is 27.5. The van der Waals surface area contributed by atoms with E-state index in [1.54, 1.807) is 0 Å². The minimum atomic E-state index is 0.960. The number of benzene rings is 1. The number of thioether (sulfide) groups is 6. The van der Waals surface area contributed by atoms with Crippen LogP contribution in [-0.2, 0) is 0 Å². The third-order valence-corrected chi connectivity index (χ3v) is 16.5. The summed E-state index contributed by atoms with van der Waals surface area (Å²) < 4.78 is 17.0. The van der Waals surface area contributed by atoms with Gasteiger partial charge in [0.2, 0.25) is 0 Å². The van der Waals surface area contributed by atoms with Crippen molar-refractivity contribution in [2.75, 3.05) is 11.5 Å². The van der Waals surface area contributed by atoms with Gasteiger partial charge in [-0.1, -0.05) is 99.4 Å². The van der Waals surface area contributed by atoms with E-state index in [2.05, 4.69) is 78.0 Å². The topological polar surface area (TPSA) is 25.8 Å². The van der Waals surface area contributed by atoms with Gasteiger partial charge >= 0.3 is 0 Å². The molecule has 3 heterocycles. The number of unbranched alkanes of at least 4 members (excludes halogenated alkanes) is 6. The van der Waals surface area contributed by atoms with E-state index >= 15 is 0 Å². The summed E-state index contributed by atoms with van der Waals surface area (Å²) in [5.74, 6) is 2.47. The number of nitrogens with zero attached hydrogens (tertiary/aromatic N) is 2. The van der Waals surface area contributed by atoms with Gasteiger partial charge in [0.1, 0.15) is 11.0 Å². The molecule has 0 spiro atoms. The molecule has 33 heavy (non-hydrogen) atoms. The number of halogens is 2. The molecule has 4 rings (SSSR count). The Morgan fingerprint density at radius 3 is 1.55 bits per heavy atom. The van der Waals surface area contributed by atoms with Crippen LogP contribution in [0.1, 0.15) is 65.2 Å². The smallest absolute Gasteiger partial charge is 0.121 e. The lowest BCUT2D eigenvalue weighted by molar-refractivity contribution is 0.707. The highest BCUT2D eigenvalue weighted by Crippen LogP contribution is 2.66. The lowest BCUT2D eigenvalue weighted by Crippen LogP contribution is -1.83. The van der Waals surface area contributed by atoms with Crippen molar-refractivity contribution in [3.05, 3.63) is 25.9 Å². The van der Waals surface area contributed by atoms with E-state index in [1.807, 2.05) is 47.0 Å². The van der Waals surface area contributed by atoms with Gasteiger partial charge in [0, 0.05) is 9.79 Å². The maximum absolute atomic E-state index is 4.50. The van der Waals surface area contributed by atoms with Crippen molar-refractivity contribution in [1.29, 1.82) is 0 Å². The van der Waals surface area contributed by atoms with Gasteiger partial charge in [0.15, 0.2) is 0 Å². The summed E-state index contributed by atoms with van der Waals surface area (Å²) in [6.45, 7) is 4.57. The first-order chi connectivity index (χ1) is 16.1. The maximum atomic E-state index is 4.50. The normalized spacial score (nSPS) is 16.0. The molecule has 0 saturated carbocycles. The van der Waals surface area contributed by atoms with Crippen molar-refractivity contribution in [3.8, 4) is 0 Å². The predicted octanol–water partition coefficient (Wildman–Crippen LogP) is 11.8. The molecule has 0 aliphatic carbocycles. The van der Waals surface area contributed by atoms with Gasteiger partial charge in [-0.2, -0.15) is 8.75 Å². The van der Waals surface area contributed by atoms with Crippen LogP contribution in [0.3, 0.4) is 0 Å². The van der Waals surface area contributed by atoms with Crippen molar-refractivity contribution in [3.63, 3.8) is 0 Å². The van der Waals surface area contributed by atoms with Crippen LogP contribution in [0.4, 0.5) is 0 Å². The van der Waals surface area contributed by atoms with Crippen LogP contribution in [0.25, 0.3) is 11.0 Å². The minimum Gasteiger partial charge on any atom is -0.172 e. The van der Waals surface area contributed by atoms with Gasteiger partial charge in [-0.3, -0.25) is 0 Å². The molecule has 2 aliphatic rings. The quantitative estimate of drug-likeness (QED) is 0.202. The Balaban J connectivity index is 1.47. The second kappa shape index (κ2) is 13.9. The molecule has 0 atom stereocenters. The zero-order valence-electron chi connectivity index (χ0n) is 18.6. The van der Waals surface area contributed by atoms with E-state index in [1.165, 1.54) is 101 Å². The van der Waals surface area contributed by atoms with Gasteiger partial charge in [-0.05, 0) is 56.2 Å². The molecule has 2 aromatic rings. The number of hydrogen-bond acceptors (Lipinski definition) is 9. The summed E-state index contributed by atoms with van der Waals surface area (Å²) in [7, 11) is 0. The Morgan fingerprint density at radius 1 is 0.636 bits per heavy atom. The highest BCUT2D eigenvalue weighted by atomic mass is 79.9. The Morgan fingerprint density at radius 2 is 1.09 bits per heavy atom. The summed E-state index contributed by atoms with van der Waals surface area (Å²) in [5.41, 5.74) is 1.92. The zero-order chi connectivity index (χ0) is 23.2. The Bertz CT molecular complexity index is 975. The van der Waals surface area contributed by atoms with Crippen molar-refractivity contribution >= 4 is 125 Å². The van der Waals surface area contributed by atoms with Crippen LogP contribution in [-0.4, -0.2) is 20.3 Å². The fourth-order valence-corrected chi connectivity index (χ4v) is 14.6. The third kappa shape index (κ3) is 6.92. The fraction of sp³-hybridized carbons (Fsp3) is 0.545. The summed E-state index contributed by atoms with van der Waals surface area (Å²) in [5, 5.41) is 0. The highest BCUT2D eigenvalue weighted by Gasteiger charge is 2.33. The van der Waals surface area contributed by atoms with E-state index in [0.717, 1.165) is 20.0 Å². The minimum absolute atomic E-state index is 0.960. The average Bonchev–Trinajstić information content (AvgIpc) is 3.55. The number of rotatable bonds is 12. The Kier molecular flexibility index (Phi) is 11.7. The van der Waals surface area contributed by atoms with Crippen LogP contribution in [0, 0.1) is 0 Å². The molecule has 0 saturated heterocycles. The van der Waals surface area contributed by atoms with Crippen molar-refractivity contribution in [2.24, 2.45) is 0 Å². The van der Waals surface area contributed by atoms with E-state index in [-0.39, 0.29) is 0 Å². The molecule has 0 radical (unpaired) electrons. The fourth-order valence-electron chi connectivity index (χ4n) is 3.28. The SMILES string of the molecule is CCCCCCSC1=C(SCCCCCC)SC(=C2Sc3c(c(Br)c4nsnc4c3Br)S2)S1. The third-order valence-electron chi connectivity index (χ3n) is 5.07. The van der Waals surface area contributed by atoms with Gasteiger partial charge in [-0.25, -0.2) is 0 Å². The van der Waals surface area contributed by atoms with E-state index < -0.39 is 0 Å². The first-order valence-corrected chi connectivity index (χ1v) is 18.8. The van der Waals surface area contributed by atoms with E-state index in [4.69, 9.17) is 0 Å². The Labute approximate surface area is 243 Å². The van der Waals surface area contributed by atoms with Crippen LogP contribution in [0.2, 0.25) is 0 Å². The second-order valence-electron chi connectivity index (χ2n) is 7.62.